The summed E-state index contributed by atoms with van der Waals surface area (Å²) < 4.78 is 11.0. The van der Waals surface area contributed by atoms with E-state index in [1.54, 1.807) is 42.5 Å². The zero-order chi connectivity index (χ0) is 20.2. The first-order chi connectivity index (χ1) is 14.1. The first-order valence-electron chi connectivity index (χ1n) is 9.14. The maximum absolute atomic E-state index is 12.6. The van der Waals surface area contributed by atoms with Gasteiger partial charge in [0.15, 0.2) is 11.5 Å². The molecular weight excluding hydrogens is 370 g/mol. The predicted octanol–water partition coefficient (Wildman–Crippen LogP) is 3.67. The summed E-state index contributed by atoms with van der Waals surface area (Å²) in [6.45, 7) is 2.90. The maximum atomic E-state index is 12.6. The molecule has 0 saturated heterocycles. The Hall–Kier alpha value is -3.87. The minimum atomic E-state index is -0.424. The van der Waals surface area contributed by atoms with Crippen LogP contribution in [0.3, 0.4) is 0 Å². The van der Waals surface area contributed by atoms with Crippen LogP contribution in [0.1, 0.15) is 26.5 Å². The number of hydrogen-bond acceptors (Lipinski definition) is 5. The first kappa shape index (κ1) is 18.5. The van der Waals surface area contributed by atoms with E-state index in [0.29, 0.717) is 36.1 Å². The lowest BCUT2D eigenvalue weighted by Crippen LogP contribution is -2.19. The van der Waals surface area contributed by atoms with Crippen LogP contribution in [0.15, 0.2) is 60.7 Å². The van der Waals surface area contributed by atoms with Crippen LogP contribution in [0, 0.1) is 6.92 Å². The number of hydrogen-bond donors (Lipinski definition) is 2. The van der Waals surface area contributed by atoms with Gasteiger partial charge in [0.1, 0.15) is 24.6 Å². The molecule has 2 aromatic carbocycles. The molecule has 1 aliphatic heterocycles. The smallest absolute Gasteiger partial charge is 0.274 e. The maximum Gasteiger partial charge on any atom is 0.274 e. The van der Waals surface area contributed by atoms with Gasteiger partial charge in [-0.15, -0.1) is 0 Å². The Morgan fingerprint density at radius 3 is 2.10 bits per heavy atom. The Labute approximate surface area is 167 Å². The Morgan fingerprint density at radius 1 is 0.793 bits per heavy atom. The highest BCUT2D eigenvalue weighted by Gasteiger charge is 2.15. The van der Waals surface area contributed by atoms with Gasteiger partial charge in [0, 0.05) is 17.4 Å². The molecule has 4 rings (SSSR count). The standard InChI is InChI=1S/C22H19N3O4/c1-14-4-2-5-15(12-14)23-21(26)17-6-3-7-18(25-17)22(27)24-16-8-9-19-20(13-16)29-11-10-28-19/h2-9,12-13H,10-11H2,1H3,(H,23,26)(H,24,27). The van der Waals surface area contributed by atoms with E-state index < -0.39 is 5.91 Å². The van der Waals surface area contributed by atoms with Gasteiger partial charge in [-0.25, -0.2) is 4.98 Å². The van der Waals surface area contributed by atoms with Crippen LogP contribution in [-0.2, 0) is 0 Å². The summed E-state index contributed by atoms with van der Waals surface area (Å²) in [5, 5.41) is 5.55. The lowest BCUT2D eigenvalue weighted by molar-refractivity contribution is 0.101. The van der Waals surface area contributed by atoms with Crippen molar-refractivity contribution in [2.75, 3.05) is 23.8 Å². The number of amides is 2. The van der Waals surface area contributed by atoms with Crippen molar-refractivity contribution in [3.8, 4) is 11.5 Å². The van der Waals surface area contributed by atoms with E-state index in [0.717, 1.165) is 5.56 Å². The van der Waals surface area contributed by atoms with Crippen LogP contribution in [0.5, 0.6) is 11.5 Å². The summed E-state index contributed by atoms with van der Waals surface area (Å²) >= 11 is 0. The van der Waals surface area contributed by atoms with Crippen molar-refractivity contribution < 1.29 is 19.1 Å². The minimum absolute atomic E-state index is 0.136. The summed E-state index contributed by atoms with van der Waals surface area (Å²) in [5.74, 6) is 0.409. The van der Waals surface area contributed by atoms with Crippen LogP contribution in [0.2, 0.25) is 0 Å². The highest BCUT2D eigenvalue weighted by Crippen LogP contribution is 2.32. The Bertz CT molecular complexity index is 1080. The number of ether oxygens (including phenoxy) is 2. The molecule has 7 nitrogen and oxygen atoms in total. The van der Waals surface area contributed by atoms with Crippen molar-refractivity contribution in [2.24, 2.45) is 0 Å². The second-order valence-corrected chi connectivity index (χ2v) is 6.54. The van der Waals surface area contributed by atoms with E-state index in [1.807, 2.05) is 25.1 Å². The van der Waals surface area contributed by atoms with Gasteiger partial charge in [0.05, 0.1) is 0 Å². The third-order valence-electron chi connectivity index (χ3n) is 4.29. The number of aryl methyl sites for hydroxylation is 1. The zero-order valence-corrected chi connectivity index (χ0v) is 15.8. The minimum Gasteiger partial charge on any atom is -0.486 e. The van der Waals surface area contributed by atoms with Crippen LogP contribution in [0.25, 0.3) is 0 Å². The molecule has 0 atom stereocenters. The van der Waals surface area contributed by atoms with Gasteiger partial charge in [-0.2, -0.15) is 0 Å². The van der Waals surface area contributed by atoms with Crippen LogP contribution in [0.4, 0.5) is 11.4 Å². The molecule has 7 heteroatoms. The molecule has 2 N–H and O–H groups in total. The number of rotatable bonds is 4. The molecule has 0 bridgehead atoms. The monoisotopic (exact) mass is 389 g/mol. The van der Waals surface area contributed by atoms with E-state index in [-0.39, 0.29) is 17.3 Å². The van der Waals surface area contributed by atoms with Crippen LogP contribution < -0.4 is 20.1 Å². The van der Waals surface area contributed by atoms with E-state index in [9.17, 15) is 9.59 Å². The van der Waals surface area contributed by atoms with Crippen molar-refractivity contribution in [3.63, 3.8) is 0 Å². The van der Waals surface area contributed by atoms with E-state index in [1.165, 1.54) is 0 Å². The SMILES string of the molecule is Cc1cccc(NC(=O)c2cccc(C(=O)Nc3ccc4c(c3)OCCO4)n2)c1. The molecule has 2 amide bonds. The van der Waals surface area contributed by atoms with Gasteiger partial charge in [-0.05, 0) is 48.9 Å². The summed E-state index contributed by atoms with van der Waals surface area (Å²) in [4.78, 5) is 29.3. The number of carbonyl (C=O) groups excluding carboxylic acids is 2. The van der Waals surface area contributed by atoms with E-state index in [4.69, 9.17) is 9.47 Å². The average Bonchev–Trinajstić information content (AvgIpc) is 2.74. The topological polar surface area (TPSA) is 89.6 Å². The van der Waals surface area contributed by atoms with Crippen molar-refractivity contribution in [2.45, 2.75) is 6.92 Å². The van der Waals surface area contributed by atoms with Gasteiger partial charge < -0.3 is 20.1 Å². The molecule has 29 heavy (non-hydrogen) atoms. The number of aromatic nitrogens is 1. The fourth-order valence-electron chi connectivity index (χ4n) is 2.92. The molecule has 0 radical (unpaired) electrons. The number of fused-ring (bicyclic) bond motifs is 1. The van der Waals surface area contributed by atoms with E-state index >= 15 is 0 Å². The normalized spacial score (nSPS) is 12.2. The molecular formula is C22H19N3O4. The van der Waals surface area contributed by atoms with Crippen molar-refractivity contribution >= 4 is 23.2 Å². The van der Waals surface area contributed by atoms with Gasteiger partial charge in [0.2, 0.25) is 0 Å². The summed E-state index contributed by atoms with van der Waals surface area (Å²) in [6.07, 6.45) is 0. The number of anilines is 2. The molecule has 146 valence electrons. The van der Waals surface area contributed by atoms with E-state index in [2.05, 4.69) is 15.6 Å². The Morgan fingerprint density at radius 2 is 1.41 bits per heavy atom. The van der Waals surface area contributed by atoms with Gasteiger partial charge in [-0.1, -0.05) is 18.2 Å². The second-order valence-electron chi connectivity index (χ2n) is 6.54. The quantitative estimate of drug-likeness (QED) is 0.711. The van der Waals surface area contributed by atoms with Crippen molar-refractivity contribution in [1.29, 1.82) is 0 Å². The lowest BCUT2D eigenvalue weighted by atomic mass is 10.2. The molecule has 0 fully saturated rings. The molecule has 1 aliphatic rings. The van der Waals surface area contributed by atoms with Crippen molar-refractivity contribution in [3.05, 3.63) is 77.6 Å². The predicted molar refractivity (Wildman–Crippen MR) is 109 cm³/mol. The molecule has 0 unspecified atom stereocenters. The fraction of sp³-hybridized carbons (Fsp3) is 0.136. The first-order valence-corrected chi connectivity index (χ1v) is 9.14. The van der Waals surface area contributed by atoms with Crippen molar-refractivity contribution in [1.82, 2.24) is 4.98 Å². The largest absolute Gasteiger partial charge is 0.486 e. The fourth-order valence-corrected chi connectivity index (χ4v) is 2.92. The summed E-state index contributed by atoms with van der Waals surface area (Å²) in [5.41, 5.74) is 2.54. The Kier molecular flexibility index (Phi) is 5.11. The average molecular weight is 389 g/mol. The highest BCUT2D eigenvalue weighted by atomic mass is 16.6. The number of pyridine rings is 1. The number of carbonyl (C=O) groups is 2. The molecule has 2 heterocycles. The van der Waals surface area contributed by atoms with Crippen LogP contribution >= 0.6 is 0 Å². The summed E-state index contributed by atoms with van der Waals surface area (Å²) in [7, 11) is 0. The number of benzene rings is 2. The third kappa shape index (κ3) is 4.35. The van der Waals surface area contributed by atoms with Gasteiger partial charge in [-0.3, -0.25) is 9.59 Å². The second kappa shape index (κ2) is 8.02. The molecule has 0 aliphatic carbocycles. The summed E-state index contributed by atoms with van der Waals surface area (Å²) in [6, 6.07) is 17.3. The molecule has 0 saturated carbocycles. The van der Waals surface area contributed by atoms with Gasteiger partial charge >= 0.3 is 0 Å². The zero-order valence-electron chi connectivity index (χ0n) is 15.8. The third-order valence-corrected chi connectivity index (χ3v) is 4.29. The highest BCUT2D eigenvalue weighted by molar-refractivity contribution is 6.06. The molecule has 1 aromatic heterocycles. The lowest BCUT2D eigenvalue weighted by Gasteiger charge is -2.19. The molecule has 3 aromatic rings. The van der Waals surface area contributed by atoms with Gasteiger partial charge in [0.25, 0.3) is 11.8 Å². The van der Waals surface area contributed by atoms with Crippen LogP contribution in [-0.4, -0.2) is 30.0 Å². The molecule has 0 spiro atoms. The number of nitrogens with zero attached hydrogens (tertiary/aromatic N) is 1. The number of nitrogens with one attached hydrogen (secondary N) is 2. The Balaban J connectivity index is 1.47.